The van der Waals surface area contributed by atoms with Gasteiger partial charge in [-0.2, -0.15) is 0 Å². The second-order valence-electron chi connectivity index (χ2n) is 4.40. The molecule has 0 fully saturated rings. The molecule has 0 bridgehead atoms. The zero-order valence-corrected chi connectivity index (χ0v) is 9.08. The van der Waals surface area contributed by atoms with Gasteiger partial charge in [-0.25, -0.2) is 0 Å². The van der Waals surface area contributed by atoms with Crippen LogP contribution in [0.3, 0.4) is 0 Å². The van der Waals surface area contributed by atoms with Crippen LogP contribution in [0.1, 0.15) is 34.1 Å². The van der Waals surface area contributed by atoms with Gasteiger partial charge in [-0.05, 0) is 17.8 Å². The third-order valence-corrected chi connectivity index (χ3v) is 2.47. The summed E-state index contributed by atoms with van der Waals surface area (Å²) in [6.45, 7) is 8.52. The Morgan fingerprint density at radius 2 is 1.54 bits per heavy atom. The molecule has 0 heterocycles. The Labute approximate surface area is 80.9 Å². The quantitative estimate of drug-likeness (QED) is 0.675. The molecule has 0 unspecified atom stereocenters. The van der Waals surface area contributed by atoms with Crippen LogP contribution in [0, 0.1) is 17.8 Å². The smallest absolute Gasteiger partial charge is 0.218 e. The topological polar surface area (TPSA) is 69.1 Å². The van der Waals surface area contributed by atoms with E-state index in [0.717, 1.165) is 0 Å². The van der Waals surface area contributed by atoms with E-state index < -0.39 is 0 Å². The molecule has 78 valence electrons. The highest BCUT2D eigenvalue weighted by Gasteiger charge is 2.25. The number of hydrogen-bond donors (Lipinski definition) is 2. The Morgan fingerprint density at radius 3 is 1.77 bits per heavy atom. The van der Waals surface area contributed by atoms with Crippen molar-refractivity contribution in [2.75, 3.05) is 0 Å². The van der Waals surface area contributed by atoms with E-state index in [1.54, 1.807) is 0 Å². The molecular formula is C10H22N2O. The lowest BCUT2D eigenvalue weighted by atomic mass is 9.79. The second-order valence-corrected chi connectivity index (χ2v) is 4.40. The molecular weight excluding hydrogens is 164 g/mol. The monoisotopic (exact) mass is 186 g/mol. The summed E-state index contributed by atoms with van der Waals surface area (Å²) in [5.41, 5.74) is 11.0. The van der Waals surface area contributed by atoms with Gasteiger partial charge in [-0.3, -0.25) is 4.79 Å². The highest BCUT2D eigenvalue weighted by molar-refractivity contribution is 5.74. The van der Waals surface area contributed by atoms with Crippen molar-refractivity contribution in [1.29, 1.82) is 0 Å². The van der Waals surface area contributed by atoms with Gasteiger partial charge in [-0.15, -0.1) is 0 Å². The van der Waals surface area contributed by atoms with Gasteiger partial charge in [0.2, 0.25) is 5.91 Å². The van der Waals surface area contributed by atoms with Crippen LogP contribution < -0.4 is 11.5 Å². The summed E-state index contributed by atoms with van der Waals surface area (Å²) in [7, 11) is 0. The number of hydrogen-bond acceptors (Lipinski definition) is 2. The molecule has 1 amide bonds. The first kappa shape index (κ1) is 12.4. The van der Waals surface area contributed by atoms with Crippen LogP contribution in [0.4, 0.5) is 0 Å². The highest BCUT2D eigenvalue weighted by Crippen LogP contribution is 2.24. The van der Waals surface area contributed by atoms with Gasteiger partial charge in [0.25, 0.3) is 0 Å². The number of rotatable bonds is 5. The van der Waals surface area contributed by atoms with Crippen LogP contribution >= 0.6 is 0 Å². The first-order chi connectivity index (χ1) is 5.86. The Morgan fingerprint density at radius 1 is 1.15 bits per heavy atom. The van der Waals surface area contributed by atoms with Crippen molar-refractivity contribution in [2.24, 2.45) is 29.2 Å². The maximum atomic E-state index is 10.7. The van der Waals surface area contributed by atoms with Gasteiger partial charge in [0.1, 0.15) is 0 Å². The van der Waals surface area contributed by atoms with Crippen molar-refractivity contribution in [3.63, 3.8) is 0 Å². The minimum atomic E-state index is -0.307. The van der Waals surface area contributed by atoms with E-state index in [9.17, 15) is 4.79 Å². The Hall–Kier alpha value is -0.570. The van der Waals surface area contributed by atoms with E-state index >= 15 is 0 Å². The van der Waals surface area contributed by atoms with Crippen molar-refractivity contribution < 1.29 is 4.79 Å². The summed E-state index contributed by atoms with van der Waals surface area (Å²) in [6.07, 6.45) is 0.293. The van der Waals surface area contributed by atoms with Gasteiger partial charge in [0.05, 0.1) is 0 Å². The third-order valence-electron chi connectivity index (χ3n) is 2.47. The summed E-state index contributed by atoms with van der Waals surface area (Å²) >= 11 is 0. The van der Waals surface area contributed by atoms with Gasteiger partial charge in [0.15, 0.2) is 0 Å². The van der Waals surface area contributed by atoms with Crippen molar-refractivity contribution in [3.8, 4) is 0 Å². The molecule has 0 saturated carbocycles. The van der Waals surface area contributed by atoms with E-state index in [1.165, 1.54) is 0 Å². The standard InChI is InChI=1S/C10H22N2O/c1-6(2)10(7(3)4)8(11)5-9(12)13/h6-8,10H,5,11H2,1-4H3,(H2,12,13)/t8-/m0/s1. The molecule has 0 aliphatic rings. The molecule has 0 saturated heterocycles. The van der Waals surface area contributed by atoms with Crippen LogP contribution in [0.25, 0.3) is 0 Å². The van der Waals surface area contributed by atoms with Crippen molar-refractivity contribution >= 4 is 5.91 Å². The first-order valence-electron chi connectivity index (χ1n) is 4.90. The van der Waals surface area contributed by atoms with Gasteiger partial charge in [0, 0.05) is 12.5 Å². The zero-order chi connectivity index (χ0) is 10.6. The van der Waals surface area contributed by atoms with E-state index in [-0.39, 0.29) is 11.9 Å². The molecule has 0 aromatic carbocycles. The molecule has 0 aliphatic heterocycles. The van der Waals surface area contributed by atoms with E-state index in [0.29, 0.717) is 24.2 Å². The average molecular weight is 186 g/mol. The summed E-state index contributed by atoms with van der Waals surface area (Å²) in [6, 6.07) is -0.0995. The zero-order valence-electron chi connectivity index (χ0n) is 9.08. The maximum absolute atomic E-state index is 10.7. The number of carbonyl (C=O) groups excluding carboxylic acids is 1. The lowest BCUT2D eigenvalue weighted by Gasteiger charge is -2.30. The number of primary amides is 1. The molecule has 0 aliphatic carbocycles. The molecule has 0 rings (SSSR count). The number of amides is 1. The molecule has 0 aromatic heterocycles. The Bertz CT molecular complexity index is 158. The largest absolute Gasteiger partial charge is 0.370 e. The van der Waals surface area contributed by atoms with Crippen molar-refractivity contribution in [3.05, 3.63) is 0 Å². The second kappa shape index (κ2) is 5.22. The SMILES string of the molecule is CC(C)C(C(C)C)[C@@H](N)CC(N)=O. The summed E-state index contributed by atoms with van der Waals surface area (Å²) in [5, 5.41) is 0. The molecule has 0 aromatic rings. The van der Waals surface area contributed by atoms with Crippen LogP contribution in [-0.2, 0) is 4.79 Å². The minimum absolute atomic E-state index is 0.0995. The summed E-state index contributed by atoms with van der Waals surface area (Å²) < 4.78 is 0. The van der Waals surface area contributed by atoms with Gasteiger partial charge in [-0.1, -0.05) is 27.7 Å². The lowest BCUT2D eigenvalue weighted by Crippen LogP contribution is -2.39. The van der Waals surface area contributed by atoms with Crippen molar-refractivity contribution in [2.45, 2.75) is 40.2 Å². The highest BCUT2D eigenvalue weighted by atomic mass is 16.1. The molecule has 13 heavy (non-hydrogen) atoms. The van der Waals surface area contributed by atoms with Crippen LogP contribution in [0.15, 0.2) is 0 Å². The van der Waals surface area contributed by atoms with Crippen molar-refractivity contribution in [1.82, 2.24) is 0 Å². The van der Waals surface area contributed by atoms with E-state index in [4.69, 9.17) is 11.5 Å². The lowest BCUT2D eigenvalue weighted by molar-refractivity contribution is -0.118. The molecule has 3 heteroatoms. The fraction of sp³-hybridized carbons (Fsp3) is 0.900. The third kappa shape index (κ3) is 4.27. The van der Waals surface area contributed by atoms with Gasteiger partial charge < -0.3 is 11.5 Å². The van der Waals surface area contributed by atoms with Crippen LogP contribution in [0.2, 0.25) is 0 Å². The predicted molar refractivity (Wildman–Crippen MR) is 55.0 cm³/mol. The number of nitrogens with two attached hydrogens (primary N) is 2. The number of carbonyl (C=O) groups is 1. The molecule has 1 atom stereocenters. The Balaban J connectivity index is 4.28. The molecule has 0 radical (unpaired) electrons. The first-order valence-corrected chi connectivity index (χ1v) is 4.90. The van der Waals surface area contributed by atoms with E-state index in [2.05, 4.69) is 27.7 Å². The van der Waals surface area contributed by atoms with Crippen LogP contribution in [-0.4, -0.2) is 11.9 Å². The van der Waals surface area contributed by atoms with Crippen LogP contribution in [0.5, 0.6) is 0 Å². The maximum Gasteiger partial charge on any atom is 0.218 e. The summed E-state index contributed by atoms with van der Waals surface area (Å²) in [4.78, 5) is 10.7. The van der Waals surface area contributed by atoms with Gasteiger partial charge >= 0.3 is 0 Å². The molecule has 3 nitrogen and oxygen atoms in total. The summed E-state index contributed by atoms with van der Waals surface area (Å²) in [5.74, 6) is 1.05. The fourth-order valence-corrected chi connectivity index (χ4v) is 2.13. The Kier molecular flexibility index (Phi) is 4.99. The molecule has 0 spiro atoms. The average Bonchev–Trinajstić information content (AvgIpc) is 1.81. The normalized spacial score (nSPS) is 14.2. The minimum Gasteiger partial charge on any atom is -0.370 e. The molecule has 4 N–H and O–H groups in total. The fourth-order valence-electron chi connectivity index (χ4n) is 2.13. The predicted octanol–water partition coefficient (Wildman–Crippen LogP) is 1.12. The van der Waals surface area contributed by atoms with E-state index in [1.807, 2.05) is 0 Å².